The summed E-state index contributed by atoms with van der Waals surface area (Å²) in [6.45, 7) is 1.33. The van der Waals surface area contributed by atoms with Gasteiger partial charge in [-0.1, -0.05) is 6.07 Å². The highest BCUT2D eigenvalue weighted by Crippen LogP contribution is 2.37. The molecule has 1 aliphatic rings. The van der Waals surface area contributed by atoms with E-state index in [-0.39, 0.29) is 11.8 Å². The molecule has 0 heterocycles. The first-order valence-corrected chi connectivity index (χ1v) is 7.92. The first kappa shape index (κ1) is 21.4. The van der Waals surface area contributed by atoms with E-state index in [0.717, 1.165) is 24.0 Å². The van der Waals surface area contributed by atoms with Gasteiger partial charge < -0.3 is 36.2 Å². The van der Waals surface area contributed by atoms with Crippen LogP contribution in [0.3, 0.4) is 0 Å². The van der Waals surface area contributed by atoms with Crippen LogP contribution in [0.5, 0.6) is 5.75 Å². The topological polar surface area (TPSA) is 162 Å². The normalized spacial score (nSPS) is 18.7. The van der Waals surface area contributed by atoms with E-state index in [0.29, 0.717) is 31.0 Å². The number of carbonyl (C=O) groups is 2. The van der Waals surface area contributed by atoms with Crippen molar-refractivity contribution in [1.29, 1.82) is 0 Å². The number of fused-ring (bicyclic) bond motifs is 1. The fourth-order valence-corrected chi connectivity index (χ4v) is 2.60. The Hall–Kier alpha value is -2.62. The highest BCUT2D eigenvalue weighted by Gasteiger charge is 2.29. The molecule has 0 spiro atoms. The number of anilines is 1. The van der Waals surface area contributed by atoms with E-state index in [1.807, 2.05) is 0 Å². The molecule has 26 heavy (non-hydrogen) atoms. The number of aromatic hydroxyl groups is 1. The van der Waals surface area contributed by atoms with Crippen molar-refractivity contribution >= 4 is 17.6 Å². The van der Waals surface area contributed by atoms with Gasteiger partial charge in [-0.15, -0.1) is 0 Å². The number of nitrogen functional groups attached to an aromatic ring is 1. The summed E-state index contributed by atoms with van der Waals surface area (Å²) in [4.78, 5) is 19.1. The van der Waals surface area contributed by atoms with Gasteiger partial charge in [-0.25, -0.2) is 9.59 Å². The van der Waals surface area contributed by atoms with Crippen molar-refractivity contribution in [2.75, 3.05) is 26.0 Å². The molecule has 0 amide bonds. The quantitative estimate of drug-likeness (QED) is 0.179. The summed E-state index contributed by atoms with van der Waals surface area (Å²) in [5.74, 6) is -2.42. The summed E-state index contributed by atoms with van der Waals surface area (Å²) >= 11 is 0. The molecule has 0 bridgehead atoms. The SMILES string of the molecule is COCCNC1CCc2c(ccc(O)c2N)C1O.O=C(O)C=CC(=O)O. The van der Waals surface area contributed by atoms with E-state index in [1.165, 1.54) is 6.07 Å². The van der Waals surface area contributed by atoms with Crippen LogP contribution in [0.4, 0.5) is 5.69 Å². The number of phenolic OH excluding ortho intramolecular Hbond substituents is 1. The van der Waals surface area contributed by atoms with Crippen LogP contribution in [0.15, 0.2) is 24.3 Å². The molecule has 2 rings (SSSR count). The van der Waals surface area contributed by atoms with Crippen LogP contribution in [-0.4, -0.2) is 58.7 Å². The molecule has 144 valence electrons. The summed E-state index contributed by atoms with van der Waals surface area (Å²) in [7, 11) is 1.65. The van der Waals surface area contributed by atoms with Crippen molar-refractivity contribution < 1.29 is 34.8 Å². The third-order valence-corrected chi connectivity index (χ3v) is 3.86. The standard InChI is InChI=1S/C13H20N2O3.C4H4O4/c1-18-7-6-15-10-4-2-8-9(13(10)17)3-5-11(16)12(8)14;5-3(6)1-2-4(7)8/h3,5,10,13,15-17H,2,4,6-7,14H2,1H3;1-2H,(H,5,6)(H,7,8). The molecule has 1 aromatic carbocycles. The number of aliphatic hydroxyl groups excluding tert-OH is 1. The molecule has 0 aromatic heterocycles. The number of aliphatic hydroxyl groups is 1. The van der Waals surface area contributed by atoms with E-state index in [4.69, 9.17) is 20.7 Å². The van der Waals surface area contributed by atoms with Gasteiger partial charge in [0.1, 0.15) is 5.75 Å². The van der Waals surface area contributed by atoms with E-state index in [9.17, 15) is 19.8 Å². The predicted molar refractivity (Wildman–Crippen MR) is 93.9 cm³/mol. The van der Waals surface area contributed by atoms with Gasteiger partial charge in [0.2, 0.25) is 0 Å². The number of benzene rings is 1. The molecule has 0 aliphatic heterocycles. The van der Waals surface area contributed by atoms with Gasteiger partial charge in [0, 0.05) is 31.8 Å². The van der Waals surface area contributed by atoms with E-state index >= 15 is 0 Å². The van der Waals surface area contributed by atoms with Crippen LogP contribution in [-0.2, 0) is 20.7 Å². The minimum Gasteiger partial charge on any atom is -0.506 e. The Morgan fingerprint density at radius 2 is 1.92 bits per heavy atom. The number of nitrogens with two attached hydrogens (primary N) is 1. The first-order valence-electron chi connectivity index (χ1n) is 7.92. The van der Waals surface area contributed by atoms with Crippen molar-refractivity contribution in [3.63, 3.8) is 0 Å². The van der Waals surface area contributed by atoms with Crippen molar-refractivity contribution in [3.05, 3.63) is 35.4 Å². The minimum absolute atomic E-state index is 0.0107. The molecular formula is C17H24N2O7. The number of rotatable bonds is 6. The summed E-state index contributed by atoms with van der Waals surface area (Å²) in [5, 5.41) is 38.8. The third-order valence-electron chi connectivity index (χ3n) is 3.86. The van der Waals surface area contributed by atoms with Gasteiger partial charge in [-0.3, -0.25) is 0 Å². The van der Waals surface area contributed by atoms with Gasteiger partial charge in [-0.2, -0.15) is 0 Å². The van der Waals surface area contributed by atoms with Crippen LogP contribution >= 0.6 is 0 Å². The van der Waals surface area contributed by atoms with Gasteiger partial charge in [0.15, 0.2) is 0 Å². The maximum absolute atomic E-state index is 10.3. The van der Waals surface area contributed by atoms with E-state index < -0.39 is 18.0 Å². The number of hydrogen-bond acceptors (Lipinski definition) is 7. The molecule has 7 N–H and O–H groups in total. The van der Waals surface area contributed by atoms with Crippen LogP contribution in [0, 0.1) is 0 Å². The lowest BCUT2D eigenvalue weighted by atomic mass is 9.84. The molecule has 2 atom stereocenters. The van der Waals surface area contributed by atoms with Crippen LogP contribution in [0.2, 0.25) is 0 Å². The lowest BCUT2D eigenvalue weighted by Crippen LogP contribution is -2.40. The molecule has 0 radical (unpaired) electrons. The van der Waals surface area contributed by atoms with Crippen molar-refractivity contribution in [3.8, 4) is 5.75 Å². The molecule has 0 saturated carbocycles. The molecule has 0 fully saturated rings. The molecule has 1 aliphatic carbocycles. The Kier molecular flexibility index (Phi) is 8.56. The van der Waals surface area contributed by atoms with Crippen molar-refractivity contribution in [2.45, 2.75) is 25.0 Å². The maximum atomic E-state index is 10.3. The molecule has 1 aromatic rings. The Balaban J connectivity index is 0.000000359. The average Bonchev–Trinajstić information content (AvgIpc) is 2.59. The fraction of sp³-hybridized carbons (Fsp3) is 0.412. The summed E-state index contributed by atoms with van der Waals surface area (Å²) < 4.78 is 4.98. The number of ether oxygens (including phenoxy) is 1. The Morgan fingerprint density at radius 1 is 1.31 bits per heavy atom. The zero-order valence-electron chi connectivity index (χ0n) is 14.4. The number of nitrogens with one attached hydrogen (secondary N) is 1. The Bertz CT molecular complexity index is 645. The lowest BCUT2D eigenvalue weighted by molar-refractivity contribution is -0.134. The highest BCUT2D eigenvalue weighted by atomic mass is 16.5. The number of carboxylic acids is 2. The lowest BCUT2D eigenvalue weighted by Gasteiger charge is -2.31. The van der Waals surface area contributed by atoms with Gasteiger partial charge in [0.05, 0.1) is 18.4 Å². The number of methoxy groups -OCH3 is 1. The van der Waals surface area contributed by atoms with E-state index in [1.54, 1.807) is 13.2 Å². The van der Waals surface area contributed by atoms with Crippen LogP contribution in [0.25, 0.3) is 0 Å². The van der Waals surface area contributed by atoms with Crippen molar-refractivity contribution in [1.82, 2.24) is 5.32 Å². The highest BCUT2D eigenvalue weighted by molar-refractivity contribution is 5.89. The Labute approximate surface area is 150 Å². The molecule has 2 unspecified atom stereocenters. The number of aliphatic carboxylic acids is 2. The summed E-state index contributed by atoms with van der Waals surface area (Å²) in [6.07, 6.45) is 2.08. The summed E-state index contributed by atoms with van der Waals surface area (Å²) in [6, 6.07) is 3.29. The molecular weight excluding hydrogens is 344 g/mol. The van der Waals surface area contributed by atoms with Crippen LogP contribution < -0.4 is 11.1 Å². The largest absolute Gasteiger partial charge is 0.506 e. The van der Waals surface area contributed by atoms with Crippen LogP contribution in [0.1, 0.15) is 23.7 Å². The molecule has 9 heteroatoms. The summed E-state index contributed by atoms with van der Waals surface area (Å²) in [5.41, 5.74) is 7.90. The number of phenols is 1. The second-order valence-electron chi connectivity index (χ2n) is 5.61. The second-order valence-corrected chi connectivity index (χ2v) is 5.61. The third kappa shape index (κ3) is 6.36. The predicted octanol–water partition coefficient (Wildman–Crippen LogP) is 0.270. The van der Waals surface area contributed by atoms with Gasteiger partial charge in [0.25, 0.3) is 0 Å². The average molecular weight is 368 g/mol. The Morgan fingerprint density at radius 3 is 2.46 bits per heavy atom. The zero-order chi connectivity index (χ0) is 19.7. The van der Waals surface area contributed by atoms with Gasteiger partial charge >= 0.3 is 11.9 Å². The number of carboxylic acid groups (broad SMARTS) is 2. The molecule has 9 nitrogen and oxygen atoms in total. The van der Waals surface area contributed by atoms with E-state index in [2.05, 4.69) is 5.32 Å². The second kappa shape index (κ2) is 10.4. The van der Waals surface area contributed by atoms with Crippen molar-refractivity contribution in [2.24, 2.45) is 0 Å². The minimum atomic E-state index is -1.26. The fourth-order valence-electron chi connectivity index (χ4n) is 2.60. The zero-order valence-corrected chi connectivity index (χ0v) is 14.4. The first-order chi connectivity index (χ1) is 12.3. The maximum Gasteiger partial charge on any atom is 0.328 e. The number of hydrogen-bond donors (Lipinski definition) is 6. The molecule has 0 saturated heterocycles. The van der Waals surface area contributed by atoms with Gasteiger partial charge in [-0.05, 0) is 30.0 Å². The smallest absolute Gasteiger partial charge is 0.328 e. The monoisotopic (exact) mass is 368 g/mol.